The van der Waals surface area contributed by atoms with Crippen LogP contribution < -0.4 is 5.32 Å². The Balaban J connectivity index is 0.988. The maximum atomic E-state index is 13.9. The lowest BCUT2D eigenvalue weighted by Crippen LogP contribution is -2.40. The third-order valence-electron chi connectivity index (χ3n) is 10.0. The summed E-state index contributed by atoms with van der Waals surface area (Å²) in [6.45, 7) is 2.46. The van der Waals surface area contributed by atoms with E-state index >= 15 is 0 Å². The van der Waals surface area contributed by atoms with Crippen molar-refractivity contribution in [1.29, 1.82) is 0 Å². The number of imidazole rings is 1. The zero-order valence-corrected chi connectivity index (χ0v) is 30.4. The van der Waals surface area contributed by atoms with Gasteiger partial charge in [-0.2, -0.15) is 0 Å². The van der Waals surface area contributed by atoms with E-state index in [0.29, 0.717) is 37.4 Å². The van der Waals surface area contributed by atoms with Crippen LogP contribution in [0.25, 0.3) is 22.4 Å². The Kier molecular flexibility index (Phi) is 10.4. The molecule has 2 saturated heterocycles. The molecule has 0 radical (unpaired) electrons. The second-order valence-electron chi connectivity index (χ2n) is 13.9. The van der Waals surface area contributed by atoms with Crippen molar-refractivity contribution >= 4 is 27.3 Å². The number of amides is 2. The predicted molar refractivity (Wildman–Crippen MR) is 204 cm³/mol. The van der Waals surface area contributed by atoms with E-state index in [1.54, 1.807) is 0 Å². The molecule has 2 N–H and O–H groups in total. The number of carbonyl (C=O) groups is 2. The number of anilines is 1. The first-order chi connectivity index (χ1) is 25.1. The van der Waals surface area contributed by atoms with E-state index in [1.807, 2.05) is 127 Å². The Morgan fingerprint density at radius 1 is 0.865 bits per heavy atom. The van der Waals surface area contributed by atoms with E-state index < -0.39 is 9.84 Å². The van der Waals surface area contributed by atoms with Crippen LogP contribution in [-0.2, 0) is 21.2 Å². The Morgan fingerprint density at radius 2 is 1.58 bits per heavy atom. The molecule has 0 unspecified atom stereocenters. The normalized spacial score (nSPS) is 18.0. The highest BCUT2D eigenvalue weighted by Gasteiger charge is 2.37. The Morgan fingerprint density at radius 3 is 2.29 bits per heavy atom. The second-order valence-corrected chi connectivity index (χ2v) is 16.2. The zero-order chi connectivity index (χ0) is 36.2. The van der Waals surface area contributed by atoms with E-state index in [0.717, 1.165) is 52.2 Å². The summed E-state index contributed by atoms with van der Waals surface area (Å²) in [7, 11) is 0.980. The third kappa shape index (κ3) is 8.02. The third-order valence-corrected chi connectivity index (χ3v) is 11.6. The number of nitrogens with zero attached hydrogens (tertiary/aromatic N) is 4. The number of benzene rings is 4. The lowest BCUT2D eigenvalue weighted by atomic mass is 10.0. The number of hydrogen-bond acceptors (Lipinski definition) is 7. The predicted octanol–water partition coefficient (Wildman–Crippen LogP) is 6.19. The van der Waals surface area contributed by atoms with Gasteiger partial charge in [-0.25, -0.2) is 13.4 Å². The first-order valence-electron chi connectivity index (χ1n) is 17.7. The molecular formula is C41H44N6O4S. The van der Waals surface area contributed by atoms with Crippen molar-refractivity contribution in [3.63, 3.8) is 0 Å². The number of rotatable bonds is 10. The van der Waals surface area contributed by atoms with Gasteiger partial charge in [-0.1, -0.05) is 72.8 Å². The molecule has 2 aliphatic rings. The lowest BCUT2D eigenvalue weighted by molar-refractivity contribution is -0.137. The van der Waals surface area contributed by atoms with Gasteiger partial charge in [0.05, 0.1) is 29.4 Å². The molecule has 2 fully saturated rings. The number of likely N-dealkylation sites (N-methyl/N-ethyl adjacent to an activating group) is 1. The molecule has 4 aromatic carbocycles. The highest BCUT2D eigenvalue weighted by atomic mass is 32.2. The monoisotopic (exact) mass is 716 g/mol. The van der Waals surface area contributed by atoms with E-state index in [2.05, 4.69) is 21.3 Å². The molecule has 0 saturated carbocycles. The van der Waals surface area contributed by atoms with Crippen molar-refractivity contribution in [3.8, 4) is 22.4 Å². The fraction of sp³-hybridized carbons (Fsp3) is 0.293. The maximum absolute atomic E-state index is 13.9. The van der Waals surface area contributed by atoms with E-state index in [9.17, 15) is 18.0 Å². The molecular weight excluding hydrogens is 673 g/mol. The molecule has 2 aliphatic heterocycles. The van der Waals surface area contributed by atoms with Crippen molar-refractivity contribution in [2.75, 3.05) is 50.6 Å². The first kappa shape index (κ1) is 35.3. The number of aromatic amines is 1. The van der Waals surface area contributed by atoms with Crippen LogP contribution in [0.4, 0.5) is 5.69 Å². The number of H-pyrrole nitrogens is 1. The van der Waals surface area contributed by atoms with Gasteiger partial charge >= 0.3 is 0 Å². The molecule has 0 bridgehead atoms. The Hall–Kier alpha value is -5.10. The van der Waals surface area contributed by atoms with Crippen LogP contribution in [0, 0.1) is 0 Å². The van der Waals surface area contributed by atoms with Crippen molar-refractivity contribution in [2.24, 2.45) is 0 Å². The van der Waals surface area contributed by atoms with Gasteiger partial charge in [0.2, 0.25) is 5.91 Å². The van der Waals surface area contributed by atoms with Gasteiger partial charge in [-0.05, 0) is 79.5 Å². The highest BCUT2D eigenvalue weighted by molar-refractivity contribution is 7.91. The van der Waals surface area contributed by atoms with Gasteiger partial charge in [0.15, 0.2) is 9.84 Å². The topological polar surface area (TPSA) is 119 Å². The van der Waals surface area contributed by atoms with Crippen molar-refractivity contribution in [2.45, 2.75) is 31.5 Å². The van der Waals surface area contributed by atoms with E-state index in [-0.39, 0.29) is 35.4 Å². The van der Waals surface area contributed by atoms with Crippen LogP contribution in [0.5, 0.6) is 0 Å². The molecule has 2 atom stereocenters. The van der Waals surface area contributed by atoms with Crippen LogP contribution in [0.2, 0.25) is 0 Å². The smallest absolute Gasteiger partial charge is 0.255 e. The fourth-order valence-corrected chi connectivity index (χ4v) is 8.44. The number of aromatic nitrogens is 2. The number of carbonyl (C=O) groups excluding carboxylic acids is 2. The van der Waals surface area contributed by atoms with Crippen molar-refractivity contribution in [1.82, 2.24) is 24.7 Å². The molecule has 268 valence electrons. The minimum atomic E-state index is -2.91. The number of sulfone groups is 1. The maximum Gasteiger partial charge on any atom is 0.255 e. The largest absolute Gasteiger partial charge is 0.340 e. The molecule has 5 aromatic rings. The Labute approximate surface area is 305 Å². The van der Waals surface area contributed by atoms with Crippen LogP contribution in [0.3, 0.4) is 0 Å². The highest BCUT2D eigenvalue weighted by Crippen LogP contribution is 2.35. The van der Waals surface area contributed by atoms with Gasteiger partial charge in [-0.3, -0.25) is 19.4 Å². The summed E-state index contributed by atoms with van der Waals surface area (Å²) in [5.74, 6) is 1.09. The van der Waals surface area contributed by atoms with Crippen LogP contribution in [0.15, 0.2) is 109 Å². The average Bonchev–Trinajstić information content (AvgIpc) is 3.85. The van der Waals surface area contributed by atoms with Crippen LogP contribution >= 0.6 is 0 Å². The molecule has 1 aromatic heterocycles. The standard InChI is InChI=1S/C41H44N6O4S/c1-45(2)38(31-8-4-3-5-9-31)41(49)47-21-7-12-37(47)39-42-27-36(44-39)34-11-6-10-33(26-34)30-15-17-32(18-16-30)40(48)43-35-19-13-29(14-20-35)28-46-22-24-52(50,51)25-23-46/h3-6,8-11,13-20,26-27,37-38H,7,12,21-25,28H2,1-2H3,(H,42,44)(H,43,48)/t37-,38+/m0/s1. The summed E-state index contributed by atoms with van der Waals surface area (Å²) in [4.78, 5) is 41.3. The lowest BCUT2D eigenvalue weighted by Gasteiger charge is -2.31. The zero-order valence-electron chi connectivity index (χ0n) is 29.5. The van der Waals surface area contributed by atoms with Gasteiger partial charge in [0, 0.05) is 43.0 Å². The van der Waals surface area contributed by atoms with Gasteiger partial charge < -0.3 is 15.2 Å². The average molecular weight is 717 g/mol. The molecule has 0 aliphatic carbocycles. The summed E-state index contributed by atoms with van der Waals surface area (Å²) >= 11 is 0. The molecule has 3 heterocycles. The fourth-order valence-electron chi connectivity index (χ4n) is 7.17. The molecule has 52 heavy (non-hydrogen) atoms. The van der Waals surface area contributed by atoms with Gasteiger partial charge in [0.25, 0.3) is 5.91 Å². The molecule has 2 amide bonds. The second kappa shape index (κ2) is 15.2. The van der Waals surface area contributed by atoms with Crippen molar-refractivity contribution in [3.05, 3.63) is 132 Å². The number of nitrogens with one attached hydrogen (secondary N) is 2. The number of likely N-dealkylation sites (tertiary alicyclic amines) is 1. The van der Waals surface area contributed by atoms with Crippen LogP contribution in [-0.4, -0.2) is 90.1 Å². The summed E-state index contributed by atoms with van der Waals surface area (Å²) in [6, 6.07) is 32.9. The van der Waals surface area contributed by atoms with Gasteiger partial charge in [-0.15, -0.1) is 0 Å². The molecule has 10 nitrogen and oxygen atoms in total. The van der Waals surface area contributed by atoms with E-state index in [4.69, 9.17) is 4.98 Å². The SMILES string of the molecule is CN(C)[C@@H](C(=O)N1CCC[C@H]1c1ncc(-c2cccc(-c3ccc(C(=O)Nc4ccc(CN5CCS(=O)(=O)CC5)cc4)cc3)c2)[nH]1)c1ccccc1. The van der Waals surface area contributed by atoms with E-state index in [1.165, 1.54) is 0 Å². The number of hydrogen-bond donors (Lipinski definition) is 2. The summed E-state index contributed by atoms with van der Waals surface area (Å²) in [5.41, 5.74) is 7.16. The molecule has 11 heteroatoms. The Bertz CT molecular complexity index is 2120. The van der Waals surface area contributed by atoms with Gasteiger partial charge in [0.1, 0.15) is 11.9 Å². The summed E-state index contributed by atoms with van der Waals surface area (Å²) in [5, 5.41) is 2.98. The molecule has 0 spiro atoms. The quantitative estimate of drug-likeness (QED) is 0.177. The first-order valence-corrected chi connectivity index (χ1v) is 19.6. The van der Waals surface area contributed by atoms with Crippen LogP contribution in [0.1, 0.15) is 52.2 Å². The minimum Gasteiger partial charge on any atom is -0.340 e. The van der Waals surface area contributed by atoms with Crippen molar-refractivity contribution < 1.29 is 18.0 Å². The summed E-state index contributed by atoms with van der Waals surface area (Å²) in [6.07, 6.45) is 3.62. The molecule has 7 rings (SSSR count). The summed E-state index contributed by atoms with van der Waals surface area (Å²) < 4.78 is 23.4. The minimum absolute atomic E-state index is 0.0829.